The number of rotatable bonds is 5. The number of tetrazole rings is 1. The topological polar surface area (TPSA) is 76.5 Å². The first-order chi connectivity index (χ1) is 12.3. The van der Waals surface area contributed by atoms with Crippen molar-refractivity contribution in [1.82, 2.24) is 25.2 Å². The van der Waals surface area contributed by atoms with Crippen molar-refractivity contribution >= 4 is 22.7 Å². The Morgan fingerprint density at radius 3 is 2.72 bits per heavy atom. The summed E-state index contributed by atoms with van der Waals surface area (Å²) < 4.78 is 1.75. The Kier molecular flexibility index (Phi) is 4.30. The largest absolute Gasteiger partial charge is 0.322 e. The van der Waals surface area contributed by atoms with Gasteiger partial charge in [-0.1, -0.05) is 60.3 Å². The van der Waals surface area contributed by atoms with E-state index in [-0.39, 0.29) is 5.56 Å². The fourth-order valence-corrected chi connectivity index (χ4v) is 3.44. The summed E-state index contributed by atoms with van der Waals surface area (Å²) in [5.41, 5.74) is 2.60. The molecule has 2 aromatic heterocycles. The summed E-state index contributed by atoms with van der Waals surface area (Å²) in [5.74, 6) is 0.509. The Bertz CT molecular complexity index is 1060. The summed E-state index contributed by atoms with van der Waals surface area (Å²) in [6.07, 6.45) is 0. The quantitative estimate of drug-likeness (QED) is 0.561. The van der Waals surface area contributed by atoms with Crippen LogP contribution in [0, 0.1) is 0 Å². The van der Waals surface area contributed by atoms with E-state index in [1.165, 1.54) is 11.8 Å². The maximum Gasteiger partial charge on any atom is 0.252 e. The maximum absolute atomic E-state index is 12.2. The number of hydrogen-bond acceptors (Lipinski definition) is 5. The van der Waals surface area contributed by atoms with Crippen LogP contribution in [-0.2, 0) is 12.3 Å². The van der Waals surface area contributed by atoms with Crippen LogP contribution in [0.15, 0.2) is 70.6 Å². The highest BCUT2D eigenvalue weighted by Crippen LogP contribution is 2.20. The molecule has 0 atom stereocenters. The average Bonchev–Trinajstić information content (AvgIpc) is 3.08. The van der Waals surface area contributed by atoms with Crippen molar-refractivity contribution in [3.05, 3.63) is 82.1 Å². The highest BCUT2D eigenvalue weighted by atomic mass is 32.2. The standard InChI is InChI=1S/C18H15N5OS/c24-17-15(10-14-8-4-5-9-16(14)19-17)12-25-18-20-21-22-23(18)11-13-6-2-1-3-7-13/h1-10H,11-12H2,(H,19,24). The molecule has 0 aliphatic carbocycles. The van der Waals surface area contributed by atoms with Gasteiger partial charge in [-0.05, 0) is 33.5 Å². The Morgan fingerprint density at radius 1 is 1.04 bits per heavy atom. The van der Waals surface area contributed by atoms with Gasteiger partial charge in [0.2, 0.25) is 5.16 Å². The lowest BCUT2D eigenvalue weighted by Gasteiger charge is -2.05. The molecule has 7 heteroatoms. The second-order valence-electron chi connectivity index (χ2n) is 5.60. The van der Waals surface area contributed by atoms with E-state index in [0.717, 1.165) is 16.5 Å². The van der Waals surface area contributed by atoms with E-state index >= 15 is 0 Å². The molecule has 2 heterocycles. The zero-order chi connectivity index (χ0) is 17.1. The van der Waals surface area contributed by atoms with Gasteiger partial charge in [0, 0.05) is 16.8 Å². The Labute approximate surface area is 147 Å². The zero-order valence-corrected chi connectivity index (χ0v) is 14.1. The van der Waals surface area contributed by atoms with Crippen LogP contribution in [0.3, 0.4) is 0 Å². The van der Waals surface area contributed by atoms with Crippen molar-refractivity contribution in [2.45, 2.75) is 17.5 Å². The molecule has 0 saturated carbocycles. The van der Waals surface area contributed by atoms with E-state index in [0.29, 0.717) is 23.0 Å². The zero-order valence-electron chi connectivity index (χ0n) is 13.3. The normalized spacial score (nSPS) is 11.0. The number of benzene rings is 2. The number of aromatic nitrogens is 5. The molecule has 0 saturated heterocycles. The van der Waals surface area contributed by atoms with Crippen molar-refractivity contribution in [1.29, 1.82) is 0 Å². The smallest absolute Gasteiger partial charge is 0.252 e. The summed E-state index contributed by atoms with van der Waals surface area (Å²) >= 11 is 1.46. The van der Waals surface area contributed by atoms with E-state index < -0.39 is 0 Å². The number of hydrogen-bond donors (Lipinski definition) is 1. The van der Waals surface area contributed by atoms with Gasteiger partial charge in [0.15, 0.2) is 0 Å². The van der Waals surface area contributed by atoms with E-state index in [9.17, 15) is 4.79 Å². The fraction of sp³-hybridized carbons (Fsp3) is 0.111. The highest BCUT2D eigenvalue weighted by molar-refractivity contribution is 7.98. The molecule has 0 unspecified atom stereocenters. The minimum absolute atomic E-state index is 0.0757. The number of fused-ring (bicyclic) bond motifs is 1. The number of thioether (sulfide) groups is 1. The van der Waals surface area contributed by atoms with Crippen LogP contribution < -0.4 is 5.56 Å². The molecule has 0 radical (unpaired) electrons. The van der Waals surface area contributed by atoms with E-state index in [1.54, 1.807) is 4.68 Å². The molecule has 0 bridgehead atoms. The van der Waals surface area contributed by atoms with Gasteiger partial charge in [-0.2, -0.15) is 0 Å². The van der Waals surface area contributed by atoms with Gasteiger partial charge < -0.3 is 4.98 Å². The molecule has 6 nitrogen and oxygen atoms in total. The molecule has 1 N–H and O–H groups in total. The van der Waals surface area contributed by atoms with Gasteiger partial charge in [0.05, 0.1) is 6.54 Å². The Hall–Kier alpha value is -2.93. The monoisotopic (exact) mass is 349 g/mol. The summed E-state index contributed by atoms with van der Waals surface area (Å²) in [7, 11) is 0. The molecule has 0 aliphatic rings. The van der Waals surface area contributed by atoms with Gasteiger partial charge in [0.1, 0.15) is 0 Å². The third-order valence-electron chi connectivity index (χ3n) is 3.86. The summed E-state index contributed by atoms with van der Waals surface area (Å²) in [6.45, 7) is 0.601. The van der Waals surface area contributed by atoms with Crippen molar-refractivity contribution < 1.29 is 0 Å². The van der Waals surface area contributed by atoms with E-state index in [1.807, 2.05) is 60.7 Å². The van der Waals surface area contributed by atoms with Crippen molar-refractivity contribution in [3.63, 3.8) is 0 Å². The number of nitrogens with one attached hydrogen (secondary N) is 1. The first-order valence-corrected chi connectivity index (χ1v) is 8.82. The van der Waals surface area contributed by atoms with Crippen LogP contribution in [0.2, 0.25) is 0 Å². The highest BCUT2D eigenvalue weighted by Gasteiger charge is 2.10. The average molecular weight is 349 g/mol. The van der Waals surface area contributed by atoms with Gasteiger partial charge in [-0.25, -0.2) is 4.68 Å². The van der Waals surface area contributed by atoms with Crippen molar-refractivity contribution in [2.24, 2.45) is 0 Å². The molecule has 124 valence electrons. The predicted molar refractivity (Wildman–Crippen MR) is 97.5 cm³/mol. The van der Waals surface area contributed by atoms with Gasteiger partial charge in [-0.3, -0.25) is 4.79 Å². The minimum Gasteiger partial charge on any atom is -0.322 e. The Balaban J connectivity index is 1.53. The molecule has 25 heavy (non-hydrogen) atoms. The lowest BCUT2D eigenvalue weighted by atomic mass is 10.2. The number of aromatic amines is 1. The molecular weight excluding hydrogens is 334 g/mol. The molecule has 0 aliphatic heterocycles. The molecule has 4 rings (SSSR count). The van der Waals surface area contributed by atoms with Crippen LogP contribution in [-0.4, -0.2) is 25.2 Å². The third kappa shape index (κ3) is 3.46. The molecular formula is C18H15N5OS. The predicted octanol–water partition coefficient (Wildman–Crippen LogP) is 2.86. The van der Waals surface area contributed by atoms with Crippen molar-refractivity contribution in [3.8, 4) is 0 Å². The van der Waals surface area contributed by atoms with E-state index in [4.69, 9.17) is 0 Å². The molecule has 2 aromatic carbocycles. The van der Waals surface area contributed by atoms with Crippen LogP contribution in [0.1, 0.15) is 11.1 Å². The number of H-pyrrole nitrogens is 1. The SMILES string of the molecule is O=c1[nH]c2ccccc2cc1CSc1nnnn1Cc1ccccc1. The van der Waals surface area contributed by atoms with Crippen LogP contribution >= 0.6 is 11.8 Å². The molecule has 0 fully saturated rings. The number of para-hydroxylation sites is 1. The van der Waals surface area contributed by atoms with Gasteiger partial charge >= 0.3 is 0 Å². The number of pyridine rings is 1. The van der Waals surface area contributed by atoms with E-state index in [2.05, 4.69) is 20.5 Å². The molecule has 0 spiro atoms. The van der Waals surface area contributed by atoms with Crippen LogP contribution in [0.4, 0.5) is 0 Å². The summed E-state index contributed by atoms with van der Waals surface area (Å²) in [5, 5.41) is 13.6. The van der Waals surface area contributed by atoms with Gasteiger partial charge in [-0.15, -0.1) is 5.10 Å². The number of nitrogens with zero attached hydrogens (tertiary/aromatic N) is 4. The second-order valence-corrected chi connectivity index (χ2v) is 6.55. The maximum atomic E-state index is 12.2. The fourth-order valence-electron chi connectivity index (χ4n) is 2.60. The lowest BCUT2D eigenvalue weighted by molar-refractivity contribution is 0.603. The summed E-state index contributed by atoms with van der Waals surface area (Å²) in [6, 6.07) is 19.7. The third-order valence-corrected chi connectivity index (χ3v) is 4.87. The first-order valence-electron chi connectivity index (χ1n) is 7.83. The lowest BCUT2D eigenvalue weighted by Crippen LogP contribution is -2.11. The Morgan fingerprint density at radius 2 is 1.84 bits per heavy atom. The van der Waals surface area contributed by atoms with Crippen LogP contribution in [0.25, 0.3) is 10.9 Å². The second kappa shape index (κ2) is 6.90. The minimum atomic E-state index is -0.0757. The first kappa shape index (κ1) is 15.6. The molecule has 4 aromatic rings. The van der Waals surface area contributed by atoms with Crippen LogP contribution in [0.5, 0.6) is 0 Å². The van der Waals surface area contributed by atoms with Gasteiger partial charge in [0.25, 0.3) is 5.56 Å². The molecule has 0 amide bonds. The van der Waals surface area contributed by atoms with Crippen molar-refractivity contribution in [2.75, 3.05) is 0 Å². The summed E-state index contributed by atoms with van der Waals surface area (Å²) in [4.78, 5) is 15.2.